The molecule has 0 saturated heterocycles. The molecule has 0 aromatic carbocycles. The zero-order valence-corrected chi connectivity index (χ0v) is 21.8. The van der Waals surface area contributed by atoms with Crippen LogP contribution >= 0.6 is 0 Å². The number of carbonyl (C=O) groups is 1. The minimum absolute atomic E-state index is 0.0249. The highest BCUT2D eigenvalue weighted by atomic mass is 28.4. The first-order chi connectivity index (χ1) is 11.8. The van der Waals surface area contributed by atoms with Crippen molar-refractivity contribution in [3.05, 3.63) is 11.6 Å². The van der Waals surface area contributed by atoms with Crippen molar-refractivity contribution in [3.63, 3.8) is 0 Å². The molecule has 3 atom stereocenters. The standard InChI is InChI=1S/C21H44O4Si2/c1-16(15-22)13-19(25-27(11,12)21(6,7)8)18(23)14-17(2)24-26(9,10)20(3,4)5/h13,15,17-19,23H,14H2,1-12H3/b16-13+/t17-,18+,19+/m1/s1. The normalized spacial score (nSPS) is 18.2. The third-order valence-corrected chi connectivity index (χ3v) is 15.2. The molecule has 0 spiro atoms. The third-order valence-electron chi connectivity index (χ3n) is 6.10. The molecule has 1 N–H and O–H groups in total. The van der Waals surface area contributed by atoms with Gasteiger partial charge in [-0.15, -0.1) is 0 Å². The van der Waals surface area contributed by atoms with E-state index in [2.05, 4.69) is 67.7 Å². The molecule has 0 aliphatic heterocycles. The lowest BCUT2D eigenvalue weighted by Crippen LogP contribution is -2.48. The number of carbonyl (C=O) groups excluding carboxylic acids is 1. The van der Waals surface area contributed by atoms with Crippen molar-refractivity contribution in [1.29, 1.82) is 0 Å². The number of rotatable bonds is 9. The van der Waals surface area contributed by atoms with Crippen LogP contribution in [0.3, 0.4) is 0 Å². The SMILES string of the molecule is C/C(C=O)=C\[C@H](O[Si](C)(C)C(C)(C)C)[C@@H](O)C[C@@H](C)O[Si](C)(C)C(C)(C)C. The fraction of sp³-hybridized carbons (Fsp3) is 0.857. The molecule has 4 nitrogen and oxygen atoms in total. The summed E-state index contributed by atoms with van der Waals surface area (Å²) in [5.74, 6) is 0. The van der Waals surface area contributed by atoms with Gasteiger partial charge in [0.25, 0.3) is 0 Å². The summed E-state index contributed by atoms with van der Waals surface area (Å²) in [6, 6.07) is 0. The van der Waals surface area contributed by atoms with Crippen LogP contribution in [0.4, 0.5) is 0 Å². The largest absolute Gasteiger partial charge is 0.414 e. The molecule has 0 aliphatic rings. The summed E-state index contributed by atoms with van der Waals surface area (Å²) in [6.07, 6.45) is 1.77. The Labute approximate surface area is 170 Å². The predicted molar refractivity (Wildman–Crippen MR) is 120 cm³/mol. The molecular formula is C21H44O4Si2. The van der Waals surface area contributed by atoms with Crippen molar-refractivity contribution in [2.75, 3.05) is 0 Å². The number of hydrogen-bond acceptors (Lipinski definition) is 4. The first-order valence-corrected chi connectivity index (χ1v) is 15.8. The summed E-state index contributed by atoms with van der Waals surface area (Å²) < 4.78 is 12.8. The molecule has 6 heteroatoms. The predicted octanol–water partition coefficient (Wildman–Crippen LogP) is 5.68. The van der Waals surface area contributed by atoms with Gasteiger partial charge in [0.15, 0.2) is 16.6 Å². The van der Waals surface area contributed by atoms with Crippen molar-refractivity contribution in [1.82, 2.24) is 0 Å². The number of allylic oxidation sites excluding steroid dienone is 1. The van der Waals surface area contributed by atoms with Crippen LogP contribution < -0.4 is 0 Å². The second-order valence-electron chi connectivity index (χ2n) is 10.9. The maximum atomic E-state index is 11.1. The molecule has 0 aromatic rings. The van der Waals surface area contributed by atoms with E-state index in [9.17, 15) is 9.90 Å². The summed E-state index contributed by atoms with van der Waals surface area (Å²) in [7, 11) is -3.99. The van der Waals surface area contributed by atoms with Gasteiger partial charge in [-0.2, -0.15) is 0 Å². The van der Waals surface area contributed by atoms with Gasteiger partial charge in [-0.1, -0.05) is 41.5 Å². The highest BCUT2D eigenvalue weighted by Crippen LogP contribution is 2.39. The van der Waals surface area contributed by atoms with Crippen LogP contribution in [-0.4, -0.2) is 46.3 Å². The van der Waals surface area contributed by atoms with E-state index in [0.29, 0.717) is 12.0 Å². The van der Waals surface area contributed by atoms with Gasteiger partial charge in [0.05, 0.1) is 12.2 Å². The number of aliphatic hydroxyl groups excluding tert-OH is 1. The van der Waals surface area contributed by atoms with Crippen LogP contribution in [0.2, 0.25) is 36.3 Å². The molecule has 160 valence electrons. The maximum Gasteiger partial charge on any atom is 0.193 e. The smallest absolute Gasteiger partial charge is 0.193 e. The van der Waals surface area contributed by atoms with Gasteiger partial charge in [-0.3, -0.25) is 4.79 Å². The Morgan fingerprint density at radius 2 is 1.37 bits per heavy atom. The number of aldehydes is 1. The average molecular weight is 417 g/mol. The molecule has 0 bridgehead atoms. The van der Waals surface area contributed by atoms with E-state index in [1.807, 2.05) is 6.92 Å². The lowest BCUT2D eigenvalue weighted by molar-refractivity contribution is -0.104. The highest BCUT2D eigenvalue weighted by Gasteiger charge is 2.41. The third kappa shape index (κ3) is 8.32. The molecular weight excluding hydrogens is 372 g/mol. The Kier molecular flexibility index (Phi) is 9.38. The van der Waals surface area contributed by atoms with Gasteiger partial charge in [0.1, 0.15) is 6.29 Å². The van der Waals surface area contributed by atoms with E-state index in [0.717, 1.165) is 6.29 Å². The lowest BCUT2D eigenvalue weighted by Gasteiger charge is -2.41. The van der Waals surface area contributed by atoms with Crippen LogP contribution in [0.1, 0.15) is 61.8 Å². The molecule has 0 fully saturated rings. The summed E-state index contributed by atoms with van der Waals surface area (Å²) in [5, 5.41) is 11.1. The molecule has 0 aliphatic carbocycles. The summed E-state index contributed by atoms with van der Waals surface area (Å²) in [5.41, 5.74) is 0.579. The van der Waals surface area contributed by atoms with E-state index >= 15 is 0 Å². The Hall–Kier alpha value is -0.276. The van der Waals surface area contributed by atoms with Crippen molar-refractivity contribution < 1.29 is 18.8 Å². The van der Waals surface area contributed by atoms with Crippen molar-refractivity contribution >= 4 is 22.9 Å². The van der Waals surface area contributed by atoms with Gasteiger partial charge in [0, 0.05) is 12.5 Å². The monoisotopic (exact) mass is 416 g/mol. The highest BCUT2D eigenvalue weighted by molar-refractivity contribution is 6.74. The molecule has 0 amide bonds. The number of aliphatic hydroxyl groups is 1. The molecule has 27 heavy (non-hydrogen) atoms. The lowest BCUT2D eigenvalue weighted by atomic mass is 10.1. The van der Waals surface area contributed by atoms with E-state index in [1.54, 1.807) is 13.0 Å². The second kappa shape index (κ2) is 9.48. The summed E-state index contributed by atoms with van der Waals surface area (Å²) in [4.78, 5) is 11.1. The fourth-order valence-electron chi connectivity index (χ4n) is 2.24. The van der Waals surface area contributed by atoms with E-state index in [1.165, 1.54) is 0 Å². The van der Waals surface area contributed by atoms with Crippen LogP contribution in [0.5, 0.6) is 0 Å². The van der Waals surface area contributed by atoms with Crippen LogP contribution in [0.25, 0.3) is 0 Å². The van der Waals surface area contributed by atoms with Gasteiger partial charge in [-0.05, 0) is 61.8 Å². The molecule has 0 radical (unpaired) electrons. The first-order valence-electron chi connectivity index (χ1n) is 10.0. The van der Waals surface area contributed by atoms with E-state index in [-0.39, 0.29) is 16.2 Å². The van der Waals surface area contributed by atoms with Gasteiger partial charge in [-0.25, -0.2) is 0 Å². The first kappa shape index (κ1) is 26.7. The van der Waals surface area contributed by atoms with Crippen LogP contribution in [0.15, 0.2) is 11.6 Å². The zero-order chi connectivity index (χ0) is 21.8. The van der Waals surface area contributed by atoms with Gasteiger partial charge >= 0.3 is 0 Å². The average Bonchev–Trinajstić information content (AvgIpc) is 2.42. The minimum Gasteiger partial charge on any atom is -0.414 e. The molecule has 0 rings (SSSR count). The Balaban J connectivity index is 5.38. The topological polar surface area (TPSA) is 55.8 Å². The van der Waals surface area contributed by atoms with Crippen molar-refractivity contribution in [3.8, 4) is 0 Å². The Morgan fingerprint density at radius 1 is 0.963 bits per heavy atom. The minimum atomic E-state index is -2.09. The second-order valence-corrected chi connectivity index (χ2v) is 20.4. The van der Waals surface area contributed by atoms with E-state index in [4.69, 9.17) is 8.85 Å². The van der Waals surface area contributed by atoms with Crippen molar-refractivity contribution in [2.24, 2.45) is 0 Å². The molecule has 0 heterocycles. The van der Waals surface area contributed by atoms with E-state index < -0.39 is 28.8 Å². The van der Waals surface area contributed by atoms with Gasteiger partial charge < -0.3 is 14.0 Å². The number of hydrogen-bond donors (Lipinski definition) is 1. The maximum absolute atomic E-state index is 11.1. The molecule has 0 aromatic heterocycles. The Morgan fingerprint density at radius 3 is 1.74 bits per heavy atom. The Bertz CT molecular complexity index is 513. The summed E-state index contributed by atoms with van der Waals surface area (Å²) in [6.45, 7) is 25.7. The zero-order valence-electron chi connectivity index (χ0n) is 19.8. The fourth-order valence-corrected chi connectivity index (χ4v) is 4.96. The molecule has 0 unspecified atom stereocenters. The molecule has 0 saturated carbocycles. The van der Waals surface area contributed by atoms with Crippen molar-refractivity contribution in [2.45, 2.75) is 116 Å². The summed E-state index contributed by atoms with van der Waals surface area (Å²) >= 11 is 0. The quantitative estimate of drug-likeness (QED) is 0.298. The van der Waals surface area contributed by atoms with Crippen LogP contribution in [-0.2, 0) is 13.6 Å². The van der Waals surface area contributed by atoms with Crippen LogP contribution in [0, 0.1) is 0 Å². The van der Waals surface area contributed by atoms with Gasteiger partial charge in [0.2, 0.25) is 0 Å².